The van der Waals surface area contributed by atoms with Gasteiger partial charge in [-0.1, -0.05) is 11.6 Å². The molecule has 2 rings (SSSR count). The Bertz CT molecular complexity index is 1270. The molecule has 0 aromatic heterocycles. The van der Waals surface area contributed by atoms with Crippen LogP contribution >= 0.6 is 11.6 Å². The minimum absolute atomic E-state index is 0.0469. The van der Waals surface area contributed by atoms with E-state index < -0.39 is 49.9 Å². The van der Waals surface area contributed by atoms with Gasteiger partial charge in [-0.2, -0.15) is 13.2 Å². The fourth-order valence-electron chi connectivity index (χ4n) is 2.73. The van der Waals surface area contributed by atoms with Crippen LogP contribution in [0.15, 0.2) is 47.4 Å². The largest absolute Gasteiger partial charge is 0.492 e. The molecule has 2 aromatic carbocycles. The second-order valence-electron chi connectivity index (χ2n) is 7.39. The summed E-state index contributed by atoms with van der Waals surface area (Å²) in [5.41, 5.74) is -1.60. The Morgan fingerprint density at radius 1 is 1.06 bits per heavy atom. The molecule has 2 aromatic rings. The molecule has 15 heteroatoms. The predicted octanol–water partition coefficient (Wildman–Crippen LogP) is 2.57. The standard InChI is InChI=1S/C20H23ClF3N3O6S2/c1-26(2)35(31,32)16-7-5-15(6-8-16)33-11-10-25-19(28)13-27(34(3,29)30)18-12-14(20(22,23)24)4-9-17(18)21/h4-9,12H,10-11,13H2,1-3H3,(H,25,28). The normalized spacial score (nSPS) is 12.5. The molecule has 0 spiro atoms. The maximum atomic E-state index is 13.0. The highest BCUT2D eigenvalue weighted by Crippen LogP contribution is 2.36. The lowest BCUT2D eigenvalue weighted by molar-refractivity contribution is -0.137. The number of hydrogen-bond donors (Lipinski definition) is 1. The van der Waals surface area contributed by atoms with E-state index in [2.05, 4.69) is 5.32 Å². The lowest BCUT2D eigenvalue weighted by Crippen LogP contribution is -2.41. The molecule has 0 aliphatic heterocycles. The van der Waals surface area contributed by atoms with Crippen LogP contribution in [-0.2, 0) is 31.0 Å². The van der Waals surface area contributed by atoms with Crippen LogP contribution in [0.5, 0.6) is 5.75 Å². The summed E-state index contributed by atoms with van der Waals surface area (Å²) in [4.78, 5) is 12.4. The number of rotatable bonds is 10. The Kier molecular flexibility index (Phi) is 9.03. The molecule has 0 aliphatic rings. The summed E-state index contributed by atoms with van der Waals surface area (Å²) >= 11 is 5.92. The van der Waals surface area contributed by atoms with Crippen molar-refractivity contribution in [2.45, 2.75) is 11.1 Å². The summed E-state index contributed by atoms with van der Waals surface area (Å²) in [5, 5.41) is 2.12. The van der Waals surface area contributed by atoms with Crippen molar-refractivity contribution in [2.24, 2.45) is 0 Å². The predicted molar refractivity (Wildman–Crippen MR) is 124 cm³/mol. The van der Waals surface area contributed by atoms with Gasteiger partial charge in [-0.15, -0.1) is 0 Å². The summed E-state index contributed by atoms with van der Waals surface area (Å²) in [6, 6.07) is 7.72. The first-order valence-electron chi connectivity index (χ1n) is 9.80. The van der Waals surface area contributed by atoms with Crippen LogP contribution in [0.25, 0.3) is 0 Å². The second kappa shape index (κ2) is 11.0. The van der Waals surface area contributed by atoms with Crippen molar-refractivity contribution in [3.05, 3.63) is 53.1 Å². The zero-order valence-electron chi connectivity index (χ0n) is 18.8. The number of halogens is 4. The minimum atomic E-state index is -4.74. The highest BCUT2D eigenvalue weighted by atomic mass is 35.5. The summed E-state index contributed by atoms with van der Waals surface area (Å²) in [6.45, 7) is -0.920. The van der Waals surface area contributed by atoms with E-state index in [-0.39, 0.29) is 23.1 Å². The van der Waals surface area contributed by atoms with Gasteiger partial charge in [0, 0.05) is 14.1 Å². The summed E-state index contributed by atoms with van der Waals surface area (Å²) in [6.07, 6.45) is -4.00. The number of alkyl halides is 3. The second-order valence-corrected chi connectivity index (χ2v) is 11.9. The van der Waals surface area contributed by atoms with Crippen molar-refractivity contribution in [3.63, 3.8) is 0 Å². The molecule has 35 heavy (non-hydrogen) atoms. The molecule has 0 radical (unpaired) electrons. The maximum absolute atomic E-state index is 13.0. The van der Waals surface area contributed by atoms with Crippen molar-refractivity contribution in [1.29, 1.82) is 0 Å². The van der Waals surface area contributed by atoms with E-state index in [9.17, 15) is 34.8 Å². The average molecular weight is 558 g/mol. The van der Waals surface area contributed by atoms with E-state index >= 15 is 0 Å². The first-order chi connectivity index (χ1) is 16.0. The number of carbonyl (C=O) groups excluding carboxylic acids is 1. The highest BCUT2D eigenvalue weighted by molar-refractivity contribution is 7.92. The van der Waals surface area contributed by atoms with Crippen LogP contribution in [0, 0.1) is 0 Å². The Morgan fingerprint density at radius 3 is 2.17 bits per heavy atom. The van der Waals surface area contributed by atoms with Gasteiger partial charge in [-0.25, -0.2) is 21.1 Å². The molecule has 0 fully saturated rings. The van der Waals surface area contributed by atoms with Crippen LogP contribution in [0.4, 0.5) is 18.9 Å². The third-order valence-electron chi connectivity index (χ3n) is 4.52. The van der Waals surface area contributed by atoms with Gasteiger partial charge in [0.15, 0.2) is 0 Å². The maximum Gasteiger partial charge on any atom is 0.416 e. The first-order valence-corrected chi connectivity index (χ1v) is 13.5. The molecule has 0 aliphatic carbocycles. The zero-order chi connectivity index (χ0) is 26.6. The number of amides is 1. The molecule has 0 unspecified atom stereocenters. The molecular formula is C20H23ClF3N3O6S2. The van der Waals surface area contributed by atoms with E-state index in [0.717, 1.165) is 16.6 Å². The van der Waals surface area contributed by atoms with Crippen LogP contribution < -0.4 is 14.4 Å². The smallest absolute Gasteiger partial charge is 0.416 e. The van der Waals surface area contributed by atoms with Crippen molar-refractivity contribution in [1.82, 2.24) is 9.62 Å². The molecule has 1 amide bonds. The van der Waals surface area contributed by atoms with Gasteiger partial charge in [0.05, 0.1) is 34.0 Å². The average Bonchev–Trinajstić information content (AvgIpc) is 2.74. The van der Waals surface area contributed by atoms with Crippen LogP contribution in [0.1, 0.15) is 5.56 Å². The number of carbonyl (C=O) groups is 1. The van der Waals surface area contributed by atoms with E-state index in [0.29, 0.717) is 22.2 Å². The van der Waals surface area contributed by atoms with Crippen LogP contribution in [-0.4, -0.2) is 67.1 Å². The fourth-order valence-corrected chi connectivity index (χ4v) is 4.76. The van der Waals surface area contributed by atoms with Gasteiger partial charge in [0.2, 0.25) is 26.0 Å². The van der Waals surface area contributed by atoms with Crippen LogP contribution in [0.3, 0.4) is 0 Å². The quantitative estimate of drug-likeness (QED) is 0.449. The van der Waals surface area contributed by atoms with E-state index in [1.807, 2.05) is 0 Å². The van der Waals surface area contributed by atoms with Gasteiger partial charge >= 0.3 is 6.18 Å². The van der Waals surface area contributed by atoms with Gasteiger partial charge < -0.3 is 10.1 Å². The number of nitrogens with zero attached hydrogens (tertiary/aromatic N) is 2. The van der Waals surface area contributed by atoms with E-state index in [1.54, 1.807) is 0 Å². The van der Waals surface area contributed by atoms with Gasteiger partial charge in [0.1, 0.15) is 18.9 Å². The minimum Gasteiger partial charge on any atom is -0.492 e. The van der Waals surface area contributed by atoms with Crippen LogP contribution in [0.2, 0.25) is 5.02 Å². The van der Waals surface area contributed by atoms with E-state index in [4.69, 9.17) is 16.3 Å². The summed E-state index contributed by atoms with van der Waals surface area (Å²) < 4.78 is 94.5. The van der Waals surface area contributed by atoms with Crippen molar-refractivity contribution in [3.8, 4) is 5.75 Å². The Hall–Kier alpha value is -2.55. The Labute approximate surface area is 206 Å². The molecule has 0 atom stereocenters. The molecule has 194 valence electrons. The lowest BCUT2D eigenvalue weighted by Gasteiger charge is -2.24. The van der Waals surface area contributed by atoms with Crippen molar-refractivity contribution >= 4 is 43.2 Å². The lowest BCUT2D eigenvalue weighted by atomic mass is 10.2. The SMILES string of the molecule is CN(C)S(=O)(=O)c1ccc(OCCNC(=O)CN(c2cc(C(F)(F)F)ccc2Cl)S(C)(=O)=O)cc1. The zero-order valence-corrected chi connectivity index (χ0v) is 21.2. The Morgan fingerprint density at radius 2 is 1.66 bits per heavy atom. The number of benzene rings is 2. The third-order valence-corrected chi connectivity index (χ3v) is 7.80. The molecule has 0 bridgehead atoms. The number of ether oxygens (including phenoxy) is 1. The summed E-state index contributed by atoms with van der Waals surface area (Å²) in [7, 11) is -4.96. The molecule has 0 saturated carbocycles. The first kappa shape index (κ1) is 28.7. The molecule has 0 saturated heterocycles. The fraction of sp³-hybridized carbons (Fsp3) is 0.350. The number of sulfonamides is 2. The topological polar surface area (TPSA) is 113 Å². The third kappa shape index (κ3) is 7.72. The number of nitrogens with one attached hydrogen (secondary N) is 1. The summed E-state index contributed by atoms with van der Waals surface area (Å²) in [5.74, 6) is -0.481. The number of anilines is 1. The van der Waals surface area contributed by atoms with Gasteiger partial charge in [0.25, 0.3) is 0 Å². The van der Waals surface area contributed by atoms with Gasteiger partial charge in [-0.05, 0) is 42.5 Å². The number of hydrogen-bond acceptors (Lipinski definition) is 6. The highest BCUT2D eigenvalue weighted by Gasteiger charge is 2.33. The molecule has 1 N–H and O–H groups in total. The Balaban J connectivity index is 2.01. The molecule has 9 nitrogen and oxygen atoms in total. The monoisotopic (exact) mass is 557 g/mol. The molecule has 0 heterocycles. The van der Waals surface area contributed by atoms with Crippen molar-refractivity contribution < 1.29 is 39.5 Å². The molecular weight excluding hydrogens is 535 g/mol. The van der Waals surface area contributed by atoms with Crippen molar-refractivity contribution in [2.75, 3.05) is 44.4 Å². The van der Waals surface area contributed by atoms with E-state index in [1.165, 1.54) is 38.4 Å². The van der Waals surface area contributed by atoms with Gasteiger partial charge in [-0.3, -0.25) is 9.10 Å².